The molecule has 0 aromatic carbocycles. The van der Waals surface area contributed by atoms with Gasteiger partial charge in [-0.1, -0.05) is 19.3 Å². The molecule has 2 heterocycles. The van der Waals surface area contributed by atoms with Crippen molar-refractivity contribution >= 4 is 0 Å². The lowest BCUT2D eigenvalue weighted by Crippen LogP contribution is -2.48. The minimum Gasteiger partial charge on any atom is -0.391 e. The van der Waals surface area contributed by atoms with Gasteiger partial charge in [0.25, 0.3) is 0 Å². The van der Waals surface area contributed by atoms with E-state index in [0.717, 1.165) is 32.4 Å². The Balaban J connectivity index is 1.62. The molecule has 2 aliphatic heterocycles. The van der Waals surface area contributed by atoms with Gasteiger partial charge in [0.1, 0.15) is 0 Å². The summed E-state index contributed by atoms with van der Waals surface area (Å²) in [6, 6.07) is 0.341. The molecule has 0 aromatic heterocycles. The van der Waals surface area contributed by atoms with Crippen molar-refractivity contribution in [1.29, 1.82) is 0 Å². The SMILES string of the molecule is OC(C1CCOC2(CCCCC2)C1)C1CCCN1. The monoisotopic (exact) mass is 253 g/mol. The van der Waals surface area contributed by atoms with Crippen LogP contribution in [-0.2, 0) is 4.74 Å². The van der Waals surface area contributed by atoms with Gasteiger partial charge in [-0.25, -0.2) is 0 Å². The largest absolute Gasteiger partial charge is 0.391 e. The first-order valence-corrected chi connectivity index (χ1v) is 7.85. The van der Waals surface area contributed by atoms with Crippen LogP contribution < -0.4 is 5.32 Å². The molecule has 3 atom stereocenters. The van der Waals surface area contributed by atoms with E-state index in [9.17, 15) is 5.11 Å². The molecule has 0 aromatic rings. The van der Waals surface area contributed by atoms with Crippen LogP contribution in [0.5, 0.6) is 0 Å². The van der Waals surface area contributed by atoms with E-state index in [2.05, 4.69) is 5.32 Å². The van der Waals surface area contributed by atoms with Crippen molar-refractivity contribution in [3.05, 3.63) is 0 Å². The zero-order chi connectivity index (χ0) is 12.4. The molecule has 3 nitrogen and oxygen atoms in total. The molecule has 1 aliphatic carbocycles. The van der Waals surface area contributed by atoms with E-state index in [1.165, 1.54) is 38.5 Å². The van der Waals surface area contributed by atoms with E-state index in [-0.39, 0.29) is 11.7 Å². The lowest BCUT2D eigenvalue weighted by molar-refractivity contribution is -0.136. The van der Waals surface area contributed by atoms with E-state index in [0.29, 0.717) is 12.0 Å². The molecule has 3 fully saturated rings. The van der Waals surface area contributed by atoms with Crippen LogP contribution in [0.1, 0.15) is 57.8 Å². The molecular formula is C15H27NO2. The van der Waals surface area contributed by atoms with Gasteiger partial charge in [-0.3, -0.25) is 0 Å². The van der Waals surface area contributed by atoms with Gasteiger partial charge in [-0.2, -0.15) is 0 Å². The normalized spacial score (nSPS) is 37.8. The van der Waals surface area contributed by atoms with Crippen molar-refractivity contribution in [3.63, 3.8) is 0 Å². The van der Waals surface area contributed by atoms with Crippen LogP contribution in [0.3, 0.4) is 0 Å². The standard InChI is InChI=1S/C15H27NO2/c17-14(13-5-4-9-16-13)12-6-10-18-15(11-12)7-2-1-3-8-15/h12-14,16-17H,1-11H2. The highest BCUT2D eigenvalue weighted by Crippen LogP contribution is 2.42. The number of aliphatic hydroxyl groups excluding tert-OH is 1. The van der Waals surface area contributed by atoms with Crippen LogP contribution in [0.4, 0.5) is 0 Å². The Morgan fingerprint density at radius 1 is 1.11 bits per heavy atom. The first-order chi connectivity index (χ1) is 8.79. The van der Waals surface area contributed by atoms with Crippen molar-refractivity contribution in [2.24, 2.45) is 5.92 Å². The van der Waals surface area contributed by atoms with Crippen molar-refractivity contribution in [3.8, 4) is 0 Å². The van der Waals surface area contributed by atoms with E-state index in [4.69, 9.17) is 4.74 Å². The summed E-state index contributed by atoms with van der Waals surface area (Å²) in [5.74, 6) is 0.451. The summed E-state index contributed by atoms with van der Waals surface area (Å²) in [7, 11) is 0. The number of ether oxygens (including phenoxy) is 1. The van der Waals surface area contributed by atoms with Gasteiger partial charge < -0.3 is 15.2 Å². The van der Waals surface area contributed by atoms with Gasteiger partial charge in [-0.05, 0) is 51.0 Å². The first-order valence-electron chi connectivity index (χ1n) is 7.85. The summed E-state index contributed by atoms with van der Waals surface area (Å²) >= 11 is 0. The van der Waals surface area contributed by atoms with Crippen LogP contribution in [0.2, 0.25) is 0 Å². The maximum absolute atomic E-state index is 10.6. The Morgan fingerprint density at radius 2 is 1.94 bits per heavy atom. The Bertz CT molecular complexity index is 264. The third kappa shape index (κ3) is 2.59. The Kier molecular flexibility index (Phi) is 3.92. The maximum Gasteiger partial charge on any atom is 0.0723 e. The molecule has 3 rings (SSSR count). The zero-order valence-corrected chi connectivity index (χ0v) is 11.4. The van der Waals surface area contributed by atoms with Gasteiger partial charge in [0.05, 0.1) is 11.7 Å². The van der Waals surface area contributed by atoms with Gasteiger partial charge in [0.15, 0.2) is 0 Å². The number of nitrogens with one attached hydrogen (secondary N) is 1. The Hall–Kier alpha value is -0.120. The molecule has 104 valence electrons. The fourth-order valence-corrected chi connectivity index (χ4v) is 4.23. The van der Waals surface area contributed by atoms with Crippen LogP contribution in [0, 0.1) is 5.92 Å². The van der Waals surface area contributed by atoms with Crippen LogP contribution >= 0.6 is 0 Å². The molecule has 2 saturated heterocycles. The Labute approximate surface area is 110 Å². The summed E-state index contributed by atoms with van der Waals surface area (Å²) < 4.78 is 6.12. The molecule has 3 heteroatoms. The third-order valence-corrected chi connectivity index (χ3v) is 5.29. The van der Waals surface area contributed by atoms with Gasteiger partial charge in [-0.15, -0.1) is 0 Å². The molecule has 0 radical (unpaired) electrons. The van der Waals surface area contributed by atoms with Crippen LogP contribution in [-0.4, -0.2) is 36.0 Å². The number of aliphatic hydroxyl groups is 1. The smallest absolute Gasteiger partial charge is 0.0723 e. The van der Waals surface area contributed by atoms with E-state index >= 15 is 0 Å². The van der Waals surface area contributed by atoms with Gasteiger partial charge in [0, 0.05) is 12.6 Å². The average molecular weight is 253 g/mol. The molecule has 0 amide bonds. The van der Waals surface area contributed by atoms with Gasteiger partial charge in [0.2, 0.25) is 0 Å². The first kappa shape index (κ1) is 12.9. The second-order valence-corrected chi connectivity index (χ2v) is 6.54. The maximum atomic E-state index is 10.6. The minimum atomic E-state index is -0.157. The molecule has 3 unspecified atom stereocenters. The lowest BCUT2D eigenvalue weighted by Gasteiger charge is -2.45. The highest BCUT2D eigenvalue weighted by atomic mass is 16.5. The van der Waals surface area contributed by atoms with Crippen molar-refractivity contribution < 1.29 is 9.84 Å². The van der Waals surface area contributed by atoms with E-state index < -0.39 is 0 Å². The van der Waals surface area contributed by atoms with E-state index in [1.807, 2.05) is 0 Å². The number of hydrogen-bond donors (Lipinski definition) is 2. The average Bonchev–Trinajstić information content (AvgIpc) is 2.93. The zero-order valence-electron chi connectivity index (χ0n) is 11.4. The molecule has 1 saturated carbocycles. The second-order valence-electron chi connectivity index (χ2n) is 6.54. The van der Waals surface area contributed by atoms with Gasteiger partial charge >= 0.3 is 0 Å². The molecule has 18 heavy (non-hydrogen) atoms. The third-order valence-electron chi connectivity index (χ3n) is 5.29. The van der Waals surface area contributed by atoms with Crippen molar-refractivity contribution in [2.45, 2.75) is 75.5 Å². The molecule has 2 N–H and O–H groups in total. The van der Waals surface area contributed by atoms with E-state index in [1.54, 1.807) is 0 Å². The Morgan fingerprint density at radius 3 is 2.67 bits per heavy atom. The number of rotatable bonds is 2. The highest BCUT2D eigenvalue weighted by molar-refractivity contribution is 4.94. The molecule has 3 aliphatic rings. The fraction of sp³-hybridized carbons (Fsp3) is 1.00. The van der Waals surface area contributed by atoms with Crippen molar-refractivity contribution in [2.75, 3.05) is 13.2 Å². The predicted octanol–water partition coefficient (Wildman–Crippen LogP) is 2.23. The topological polar surface area (TPSA) is 41.5 Å². The number of hydrogen-bond acceptors (Lipinski definition) is 3. The van der Waals surface area contributed by atoms with Crippen LogP contribution in [0.25, 0.3) is 0 Å². The fourth-order valence-electron chi connectivity index (χ4n) is 4.23. The quantitative estimate of drug-likeness (QED) is 0.793. The summed E-state index contributed by atoms with van der Waals surface area (Å²) in [4.78, 5) is 0. The van der Waals surface area contributed by atoms with Crippen LogP contribution in [0.15, 0.2) is 0 Å². The summed E-state index contributed by atoms with van der Waals surface area (Å²) in [5, 5.41) is 14.0. The summed E-state index contributed by atoms with van der Waals surface area (Å²) in [6.07, 6.45) is 10.8. The molecular weight excluding hydrogens is 226 g/mol. The lowest BCUT2D eigenvalue weighted by atomic mass is 9.73. The van der Waals surface area contributed by atoms with Crippen molar-refractivity contribution in [1.82, 2.24) is 5.32 Å². The summed E-state index contributed by atoms with van der Waals surface area (Å²) in [5.41, 5.74) is 0.126. The molecule has 1 spiro atoms. The summed E-state index contributed by atoms with van der Waals surface area (Å²) in [6.45, 7) is 1.94. The minimum absolute atomic E-state index is 0.126. The predicted molar refractivity (Wildman–Crippen MR) is 71.5 cm³/mol. The highest BCUT2D eigenvalue weighted by Gasteiger charge is 2.42. The molecule has 0 bridgehead atoms. The second kappa shape index (κ2) is 5.48.